The van der Waals surface area contributed by atoms with Crippen molar-refractivity contribution < 1.29 is 9.90 Å². The third-order valence-corrected chi connectivity index (χ3v) is 2.45. The van der Waals surface area contributed by atoms with Gasteiger partial charge in [0.1, 0.15) is 5.65 Å². The number of fused-ring (bicyclic) bond motifs is 1. The maximum atomic E-state index is 10.7. The fourth-order valence-corrected chi connectivity index (χ4v) is 1.73. The molecular weight excluding hydrogens is 192 g/mol. The highest BCUT2D eigenvalue weighted by Crippen LogP contribution is 2.14. The number of aliphatic carboxylic acids is 1. The number of carboxylic acid groups (broad SMARTS) is 1. The zero-order valence-corrected chi connectivity index (χ0v) is 8.69. The highest BCUT2D eigenvalue weighted by atomic mass is 16.4. The summed E-state index contributed by atoms with van der Waals surface area (Å²) >= 11 is 0. The van der Waals surface area contributed by atoms with Crippen LogP contribution >= 0.6 is 0 Å². The van der Waals surface area contributed by atoms with Gasteiger partial charge < -0.3 is 9.51 Å². The standard InChI is InChI=1S/C11H12N2O2/c1-7-3-4-8(2)13-9(5-10(14)15)6-12-11(7)13/h3-4,6H,5H2,1-2H3,(H,14,15). The van der Waals surface area contributed by atoms with Gasteiger partial charge in [0.2, 0.25) is 0 Å². The lowest BCUT2D eigenvalue weighted by Crippen LogP contribution is -2.05. The average molecular weight is 204 g/mol. The Balaban J connectivity index is 2.67. The zero-order valence-electron chi connectivity index (χ0n) is 8.69. The molecule has 0 saturated heterocycles. The van der Waals surface area contributed by atoms with E-state index >= 15 is 0 Å². The Kier molecular flexibility index (Phi) is 2.19. The van der Waals surface area contributed by atoms with Crippen molar-refractivity contribution in [2.45, 2.75) is 20.3 Å². The van der Waals surface area contributed by atoms with Crippen LogP contribution in [0.1, 0.15) is 17.0 Å². The molecular formula is C11H12N2O2. The smallest absolute Gasteiger partial charge is 0.309 e. The van der Waals surface area contributed by atoms with Crippen molar-refractivity contribution >= 4 is 11.6 Å². The highest BCUT2D eigenvalue weighted by molar-refractivity contribution is 5.70. The van der Waals surface area contributed by atoms with Crippen LogP contribution in [0.25, 0.3) is 5.65 Å². The van der Waals surface area contributed by atoms with Gasteiger partial charge in [-0.2, -0.15) is 0 Å². The first-order valence-corrected chi connectivity index (χ1v) is 4.74. The van der Waals surface area contributed by atoms with Gasteiger partial charge in [-0.3, -0.25) is 4.79 Å². The molecule has 78 valence electrons. The van der Waals surface area contributed by atoms with Crippen molar-refractivity contribution in [3.63, 3.8) is 0 Å². The Bertz CT molecular complexity index is 529. The van der Waals surface area contributed by atoms with Crippen LogP contribution in [0, 0.1) is 13.8 Å². The Morgan fingerprint density at radius 3 is 2.87 bits per heavy atom. The first-order chi connectivity index (χ1) is 7.09. The Morgan fingerprint density at radius 2 is 2.20 bits per heavy atom. The van der Waals surface area contributed by atoms with Crippen molar-refractivity contribution in [1.82, 2.24) is 9.38 Å². The van der Waals surface area contributed by atoms with E-state index in [1.165, 1.54) is 0 Å². The highest BCUT2D eigenvalue weighted by Gasteiger charge is 2.10. The molecule has 0 aliphatic rings. The van der Waals surface area contributed by atoms with E-state index in [0.29, 0.717) is 0 Å². The van der Waals surface area contributed by atoms with Crippen molar-refractivity contribution in [2.75, 3.05) is 0 Å². The monoisotopic (exact) mass is 204 g/mol. The van der Waals surface area contributed by atoms with Crippen LogP contribution in [0.2, 0.25) is 0 Å². The maximum Gasteiger partial charge on any atom is 0.309 e. The van der Waals surface area contributed by atoms with E-state index in [4.69, 9.17) is 5.11 Å². The van der Waals surface area contributed by atoms with Gasteiger partial charge in [0, 0.05) is 11.9 Å². The number of hydrogen-bond acceptors (Lipinski definition) is 2. The van der Waals surface area contributed by atoms with Crippen LogP contribution in [-0.2, 0) is 11.2 Å². The lowest BCUT2D eigenvalue weighted by atomic mass is 10.2. The van der Waals surface area contributed by atoms with Gasteiger partial charge in [-0.25, -0.2) is 4.98 Å². The third-order valence-electron chi connectivity index (χ3n) is 2.45. The van der Waals surface area contributed by atoms with Crippen LogP contribution in [0.3, 0.4) is 0 Å². The summed E-state index contributed by atoms with van der Waals surface area (Å²) in [5.41, 5.74) is 3.62. The van der Waals surface area contributed by atoms with E-state index in [1.54, 1.807) is 6.20 Å². The molecule has 0 aliphatic carbocycles. The van der Waals surface area contributed by atoms with E-state index in [2.05, 4.69) is 4.98 Å². The summed E-state index contributed by atoms with van der Waals surface area (Å²) in [5, 5.41) is 8.76. The molecule has 15 heavy (non-hydrogen) atoms. The summed E-state index contributed by atoms with van der Waals surface area (Å²) in [7, 11) is 0. The molecule has 0 atom stereocenters. The third kappa shape index (κ3) is 1.58. The lowest BCUT2D eigenvalue weighted by molar-refractivity contribution is -0.136. The fraction of sp³-hybridized carbons (Fsp3) is 0.273. The second-order valence-electron chi connectivity index (χ2n) is 3.64. The molecule has 0 amide bonds. The molecule has 0 unspecified atom stereocenters. The Morgan fingerprint density at radius 1 is 1.47 bits per heavy atom. The van der Waals surface area contributed by atoms with Gasteiger partial charge in [0.05, 0.1) is 12.1 Å². The van der Waals surface area contributed by atoms with Crippen molar-refractivity contribution in [3.8, 4) is 0 Å². The number of carbonyl (C=O) groups is 1. The fourth-order valence-electron chi connectivity index (χ4n) is 1.73. The van der Waals surface area contributed by atoms with Crippen molar-refractivity contribution in [2.24, 2.45) is 0 Å². The molecule has 0 aliphatic heterocycles. The molecule has 4 nitrogen and oxygen atoms in total. The molecule has 2 heterocycles. The normalized spacial score (nSPS) is 10.8. The van der Waals surface area contributed by atoms with E-state index in [9.17, 15) is 4.79 Å². The molecule has 1 N–H and O–H groups in total. The quantitative estimate of drug-likeness (QED) is 0.808. The van der Waals surface area contributed by atoms with Gasteiger partial charge in [-0.1, -0.05) is 6.07 Å². The second kappa shape index (κ2) is 3.38. The number of nitrogens with zero attached hydrogens (tertiary/aromatic N) is 2. The Labute approximate surface area is 87.2 Å². The molecule has 0 spiro atoms. The molecule has 0 bridgehead atoms. The van der Waals surface area contributed by atoms with Gasteiger partial charge in [0.15, 0.2) is 0 Å². The summed E-state index contributed by atoms with van der Waals surface area (Å²) < 4.78 is 1.89. The molecule has 4 heteroatoms. The maximum absolute atomic E-state index is 10.7. The first kappa shape index (κ1) is 9.71. The minimum absolute atomic E-state index is 0.00542. The van der Waals surface area contributed by atoms with Crippen molar-refractivity contribution in [1.29, 1.82) is 0 Å². The molecule has 0 aromatic carbocycles. The number of imidazole rings is 1. The number of hydrogen-bond donors (Lipinski definition) is 1. The van der Waals surface area contributed by atoms with Crippen molar-refractivity contribution in [3.05, 3.63) is 35.3 Å². The molecule has 2 rings (SSSR count). The molecule has 2 aromatic rings. The summed E-state index contributed by atoms with van der Waals surface area (Å²) in [5.74, 6) is -0.835. The predicted octanol–water partition coefficient (Wildman–Crippen LogP) is 1.58. The largest absolute Gasteiger partial charge is 0.481 e. The number of pyridine rings is 1. The number of aromatic nitrogens is 2. The van der Waals surface area contributed by atoms with E-state index in [1.807, 2.05) is 30.4 Å². The molecule has 0 saturated carbocycles. The van der Waals surface area contributed by atoms with E-state index < -0.39 is 5.97 Å². The van der Waals surface area contributed by atoms with Gasteiger partial charge in [-0.15, -0.1) is 0 Å². The predicted molar refractivity (Wildman–Crippen MR) is 56.0 cm³/mol. The molecule has 2 aromatic heterocycles. The van der Waals surface area contributed by atoms with Crippen LogP contribution in [0.4, 0.5) is 0 Å². The van der Waals surface area contributed by atoms with Gasteiger partial charge in [-0.05, 0) is 25.5 Å². The number of aryl methyl sites for hydroxylation is 2. The van der Waals surface area contributed by atoms with Crippen LogP contribution in [-0.4, -0.2) is 20.5 Å². The number of carboxylic acids is 1. The summed E-state index contributed by atoms with van der Waals surface area (Å²) in [6.45, 7) is 3.91. The summed E-state index contributed by atoms with van der Waals surface area (Å²) in [6, 6.07) is 3.96. The SMILES string of the molecule is Cc1ccc(C)n2c(CC(=O)O)cnc12. The second-order valence-corrected chi connectivity index (χ2v) is 3.64. The Hall–Kier alpha value is -1.84. The van der Waals surface area contributed by atoms with Gasteiger partial charge >= 0.3 is 5.97 Å². The van der Waals surface area contributed by atoms with Crippen LogP contribution in [0.5, 0.6) is 0 Å². The minimum atomic E-state index is -0.835. The van der Waals surface area contributed by atoms with Crippen LogP contribution in [0.15, 0.2) is 18.3 Å². The average Bonchev–Trinajstić information content (AvgIpc) is 2.56. The van der Waals surface area contributed by atoms with Gasteiger partial charge in [0.25, 0.3) is 0 Å². The zero-order chi connectivity index (χ0) is 11.0. The number of rotatable bonds is 2. The molecule has 0 radical (unpaired) electrons. The topological polar surface area (TPSA) is 54.6 Å². The van der Waals surface area contributed by atoms with E-state index in [0.717, 1.165) is 22.6 Å². The summed E-state index contributed by atoms with van der Waals surface area (Å²) in [4.78, 5) is 14.9. The summed E-state index contributed by atoms with van der Waals surface area (Å²) in [6.07, 6.45) is 1.63. The lowest BCUT2D eigenvalue weighted by Gasteiger charge is -2.05. The minimum Gasteiger partial charge on any atom is -0.481 e. The molecule has 0 fully saturated rings. The van der Waals surface area contributed by atoms with E-state index in [-0.39, 0.29) is 6.42 Å². The first-order valence-electron chi connectivity index (χ1n) is 4.74. The van der Waals surface area contributed by atoms with Crippen LogP contribution < -0.4 is 0 Å².